The predicted molar refractivity (Wildman–Crippen MR) is 55.7 cm³/mol. The van der Waals surface area contributed by atoms with E-state index in [-0.39, 0.29) is 11.5 Å². The summed E-state index contributed by atoms with van der Waals surface area (Å²) in [6.45, 7) is 1.80. The lowest BCUT2D eigenvalue weighted by Gasteiger charge is -2.08. The maximum Gasteiger partial charge on any atom is 0.128 e. The molecule has 1 aromatic carbocycles. The first-order chi connectivity index (χ1) is 6.50. The smallest absolute Gasteiger partial charge is 0.128 e. The topological polar surface area (TPSA) is 56.1 Å². The third-order valence-electron chi connectivity index (χ3n) is 1.72. The quantitative estimate of drug-likeness (QED) is 0.552. The van der Waals surface area contributed by atoms with Crippen LogP contribution in [0.1, 0.15) is 12.5 Å². The Morgan fingerprint density at radius 3 is 2.43 bits per heavy atom. The summed E-state index contributed by atoms with van der Waals surface area (Å²) in [6.07, 6.45) is 0. The Kier molecular flexibility index (Phi) is 2.96. The number of phenols is 2. The average molecular weight is 194 g/mol. The standard InChI is InChI=1S/C10H14N2O2/c1-7(11-12(2)3)9-5-4-8(13)6-10(9)14/h4-6,13-14H,1-3H3/b11-7+. The van der Waals surface area contributed by atoms with Crippen molar-refractivity contribution in [1.82, 2.24) is 5.01 Å². The molecule has 76 valence electrons. The van der Waals surface area contributed by atoms with E-state index >= 15 is 0 Å². The van der Waals surface area contributed by atoms with Crippen molar-refractivity contribution in [3.05, 3.63) is 23.8 Å². The zero-order valence-electron chi connectivity index (χ0n) is 8.52. The van der Waals surface area contributed by atoms with Gasteiger partial charge in [-0.2, -0.15) is 5.10 Å². The van der Waals surface area contributed by atoms with E-state index in [1.165, 1.54) is 12.1 Å². The zero-order valence-corrected chi connectivity index (χ0v) is 8.52. The molecule has 1 rings (SSSR count). The van der Waals surface area contributed by atoms with Gasteiger partial charge in [0.05, 0.1) is 5.71 Å². The number of aromatic hydroxyl groups is 2. The van der Waals surface area contributed by atoms with Gasteiger partial charge in [0, 0.05) is 25.7 Å². The maximum atomic E-state index is 9.52. The molecule has 0 radical (unpaired) electrons. The number of nitrogens with zero attached hydrogens (tertiary/aromatic N) is 2. The molecule has 0 aliphatic heterocycles. The van der Waals surface area contributed by atoms with Crippen LogP contribution in [0, 0.1) is 0 Å². The Morgan fingerprint density at radius 1 is 1.29 bits per heavy atom. The Bertz CT molecular complexity index is 359. The van der Waals surface area contributed by atoms with E-state index in [0.29, 0.717) is 11.3 Å². The van der Waals surface area contributed by atoms with E-state index in [1.54, 1.807) is 32.1 Å². The van der Waals surface area contributed by atoms with Crippen molar-refractivity contribution in [1.29, 1.82) is 0 Å². The molecule has 0 spiro atoms. The van der Waals surface area contributed by atoms with Crippen LogP contribution in [0.2, 0.25) is 0 Å². The normalized spacial score (nSPS) is 11.5. The molecule has 0 heterocycles. The third-order valence-corrected chi connectivity index (χ3v) is 1.72. The van der Waals surface area contributed by atoms with Crippen LogP contribution in [0.3, 0.4) is 0 Å². The summed E-state index contributed by atoms with van der Waals surface area (Å²) in [5.74, 6) is 0.0806. The van der Waals surface area contributed by atoms with Crippen LogP contribution in [0.5, 0.6) is 11.5 Å². The van der Waals surface area contributed by atoms with Crippen LogP contribution < -0.4 is 0 Å². The first kappa shape index (κ1) is 10.4. The van der Waals surface area contributed by atoms with Crippen molar-refractivity contribution in [2.75, 3.05) is 14.1 Å². The molecular weight excluding hydrogens is 180 g/mol. The number of rotatable bonds is 2. The van der Waals surface area contributed by atoms with Gasteiger partial charge in [-0.15, -0.1) is 0 Å². The van der Waals surface area contributed by atoms with Crippen LogP contribution in [0.25, 0.3) is 0 Å². The van der Waals surface area contributed by atoms with Gasteiger partial charge in [0.1, 0.15) is 11.5 Å². The van der Waals surface area contributed by atoms with Gasteiger partial charge < -0.3 is 15.2 Å². The molecule has 0 bridgehead atoms. The van der Waals surface area contributed by atoms with Crippen molar-refractivity contribution < 1.29 is 10.2 Å². The largest absolute Gasteiger partial charge is 0.508 e. The van der Waals surface area contributed by atoms with Gasteiger partial charge in [0.2, 0.25) is 0 Å². The van der Waals surface area contributed by atoms with Gasteiger partial charge >= 0.3 is 0 Å². The van der Waals surface area contributed by atoms with E-state index in [0.717, 1.165) is 0 Å². The van der Waals surface area contributed by atoms with E-state index < -0.39 is 0 Å². The first-order valence-corrected chi connectivity index (χ1v) is 4.25. The molecule has 0 unspecified atom stereocenters. The monoisotopic (exact) mass is 194 g/mol. The van der Waals surface area contributed by atoms with Gasteiger partial charge in [-0.25, -0.2) is 0 Å². The fraction of sp³-hybridized carbons (Fsp3) is 0.300. The molecule has 2 N–H and O–H groups in total. The van der Waals surface area contributed by atoms with E-state index in [9.17, 15) is 5.11 Å². The second-order valence-corrected chi connectivity index (χ2v) is 3.23. The highest BCUT2D eigenvalue weighted by Crippen LogP contribution is 2.23. The minimum Gasteiger partial charge on any atom is -0.508 e. The van der Waals surface area contributed by atoms with Crippen LogP contribution in [-0.4, -0.2) is 35.0 Å². The van der Waals surface area contributed by atoms with Crippen molar-refractivity contribution in [2.24, 2.45) is 5.10 Å². The summed E-state index contributed by atoms with van der Waals surface area (Å²) in [6, 6.07) is 4.45. The maximum absolute atomic E-state index is 9.52. The number of hydrogen-bond acceptors (Lipinski definition) is 4. The minimum atomic E-state index is 0.0353. The van der Waals surface area contributed by atoms with E-state index in [4.69, 9.17) is 5.11 Å². The Balaban J connectivity index is 3.07. The fourth-order valence-corrected chi connectivity index (χ4v) is 1.18. The molecule has 1 aromatic rings. The molecule has 0 aliphatic rings. The number of hydrogen-bond donors (Lipinski definition) is 2. The first-order valence-electron chi connectivity index (χ1n) is 4.25. The lowest BCUT2D eigenvalue weighted by Crippen LogP contribution is -2.07. The zero-order chi connectivity index (χ0) is 10.7. The van der Waals surface area contributed by atoms with Crippen molar-refractivity contribution in [3.8, 4) is 11.5 Å². The minimum absolute atomic E-state index is 0.0353. The van der Waals surface area contributed by atoms with Gasteiger partial charge in [0.25, 0.3) is 0 Å². The van der Waals surface area contributed by atoms with E-state index in [1.807, 2.05) is 0 Å². The highest BCUT2D eigenvalue weighted by molar-refractivity contribution is 6.00. The van der Waals surface area contributed by atoms with Crippen LogP contribution in [-0.2, 0) is 0 Å². The Labute approximate surface area is 83.1 Å². The Hall–Kier alpha value is -1.71. The van der Waals surface area contributed by atoms with Gasteiger partial charge in [0.15, 0.2) is 0 Å². The number of phenolic OH excluding ortho intramolecular Hbond substituents is 2. The predicted octanol–water partition coefficient (Wildman–Crippen LogP) is 1.38. The molecule has 0 saturated carbocycles. The summed E-state index contributed by atoms with van der Waals surface area (Å²) in [4.78, 5) is 0. The average Bonchev–Trinajstić information content (AvgIpc) is 2.01. The van der Waals surface area contributed by atoms with Crippen molar-refractivity contribution >= 4 is 5.71 Å². The van der Waals surface area contributed by atoms with Crippen LogP contribution >= 0.6 is 0 Å². The van der Waals surface area contributed by atoms with Crippen molar-refractivity contribution in [2.45, 2.75) is 6.92 Å². The summed E-state index contributed by atoms with van der Waals surface area (Å²) >= 11 is 0. The second-order valence-electron chi connectivity index (χ2n) is 3.23. The molecule has 0 aromatic heterocycles. The fourth-order valence-electron chi connectivity index (χ4n) is 1.18. The summed E-state index contributed by atoms with van der Waals surface area (Å²) in [5.41, 5.74) is 1.32. The van der Waals surface area contributed by atoms with Gasteiger partial charge in [-0.3, -0.25) is 0 Å². The lowest BCUT2D eigenvalue weighted by molar-refractivity contribution is 0.435. The molecular formula is C10H14N2O2. The molecule has 4 heteroatoms. The van der Waals surface area contributed by atoms with Crippen LogP contribution in [0.15, 0.2) is 23.3 Å². The third kappa shape index (κ3) is 2.39. The molecule has 14 heavy (non-hydrogen) atoms. The molecule has 0 fully saturated rings. The summed E-state index contributed by atoms with van der Waals surface area (Å²) in [5, 5.41) is 24.4. The molecule has 0 amide bonds. The van der Waals surface area contributed by atoms with Gasteiger partial charge in [-0.05, 0) is 19.1 Å². The lowest BCUT2D eigenvalue weighted by atomic mass is 10.1. The number of benzene rings is 1. The van der Waals surface area contributed by atoms with Crippen LogP contribution in [0.4, 0.5) is 0 Å². The molecule has 0 atom stereocenters. The number of hydrazone groups is 1. The highest BCUT2D eigenvalue weighted by Gasteiger charge is 2.05. The van der Waals surface area contributed by atoms with E-state index in [2.05, 4.69) is 5.10 Å². The summed E-state index contributed by atoms with van der Waals surface area (Å²) < 4.78 is 0. The Morgan fingerprint density at radius 2 is 1.93 bits per heavy atom. The summed E-state index contributed by atoms with van der Waals surface area (Å²) in [7, 11) is 3.61. The van der Waals surface area contributed by atoms with Gasteiger partial charge in [-0.1, -0.05) is 0 Å². The highest BCUT2D eigenvalue weighted by atomic mass is 16.3. The molecule has 4 nitrogen and oxygen atoms in total. The second kappa shape index (κ2) is 4.00. The molecule has 0 saturated heterocycles. The van der Waals surface area contributed by atoms with Crippen molar-refractivity contribution in [3.63, 3.8) is 0 Å². The SMILES string of the molecule is C/C(=N\N(C)C)c1ccc(O)cc1O. The molecule has 0 aliphatic carbocycles.